The Bertz CT molecular complexity index is 1060. The maximum atomic E-state index is 12.2. The zero-order valence-electron chi connectivity index (χ0n) is 15.0. The Kier molecular flexibility index (Phi) is 3.28. The SMILES string of the molecule is CC1=C(c2cc(-c3c(C)n[nH]c3C)c3c(c2)[nH]c(=O)n3C)N(C)CO1. The number of aryl methyl sites for hydroxylation is 3. The number of hydrogen-bond donors (Lipinski definition) is 2. The van der Waals surface area contributed by atoms with Crippen molar-refractivity contribution in [2.24, 2.45) is 7.05 Å². The van der Waals surface area contributed by atoms with Crippen molar-refractivity contribution in [1.82, 2.24) is 24.6 Å². The van der Waals surface area contributed by atoms with Crippen molar-refractivity contribution in [1.29, 1.82) is 0 Å². The molecule has 0 spiro atoms. The fourth-order valence-corrected chi connectivity index (χ4v) is 3.69. The summed E-state index contributed by atoms with van der Waals surface area (Å²) in [5.41, 5.74) is 7.50. The molecular formula is C18H21N5O2. The Hall–Kier alpha value is -2.96. The average molecular weight is 339 g/mol. The lowest BCUT2D eigenvalue weighted by atomic mass is 9.97. The van der Waals surface area contributed by atoms with Gasteiger partial charge < -0.3 is 14.6 Å². The molecule has 2 aromatic heterocycles. The molecule has 4 rings (SSSR count). The highest BCUT2D eigenvalue weighted by Crippen LogP contribution is 2.36. The predicted molar refractivity (Wildman–Crippen MR) is 96.9 cm³/mol. The van der Waals surface area contributed by atoms with Crippen LogP contribution in [-0.2, 0) is 11.8 Å². The van der Waals surface area contributed by atoms with Gasteiger partial charge in [0.15, 0.2) is 6.73 Å². The smallest absolute Gasteiger partial charge is 0.326 e. The molecule has 1 aromatic carbocycles. The number of nitrogens with one attached hydrogen (secondary N) is 2. The Balaban J connectivity index is 2.10. The molecule has 25 heavy (non-hydrogen) atoms. The van der Waals surface area contributed by atoms with E-state index in [0.29, 0.717) is 6.73 Å². The Labute approximate surface area is 144 Å². The van der Waals surface area contributed by atoms with Crippen molar-refractivity contribution in [2.45, 2.75) is 20.8 Å². The Morgan fingerprint density at radius 2 is 1.96 bits per heavy atom. The van der Waals surface area contributed by atoms with E-state index in [1.165, 1.54) is 0 Å². The number of ether oxygens (including phenoxy) is 1. The van der Waals surface area contributed by atoms with E-state index in [0.717, 1.165) is 50.6 Å². The maximum absolute atomic E-state index is 12.2. The van der Waals surface area contributed by atoms with E-state index in [4.69, 9.17) is 4.74 Å². The van der Waals surface area contributed by atoms with Gasteiger partial charge in [-0.1, -0.05) is 0 Å². The van der Waals surface area contributed by atoms with Crippen molar-refractivity contribution in [3.63, 3.8) is 0 Å². The highest BCUT2D eigenvalue weighted by Gasteiger charge is 2.23. The van der Waals surface area contributed by atoms with Crippen LogP contribution >= 0.6 is 0 Å². The first kappa shape index (κ1) is 15.6. The van der Waals surface area contributed by atoms with Gasteiger partial charge in [0, 0.05) is 36.5 Å². The lowest BCUT2D eigenvalue weighted by molar-refractivity contribution is 0.172. The van der Waals surface area contributed by atoms with Crippen molar-refractivity contribution in [2.75, 3.05) is 13.8 Å². The molecule has 0 radical (unpaired) electrons. The highest BCUT2D eigenvalue weighted by molar-refractivity contribution is 5.96. The number of benzene rings is 1. The van der Waals surface area contributed by atoms with Crippen LogP contribution in [0.25, 0.3) is 27.9 Å². The molecule has 0 unspecified atom stereocenters. The van der Waals surface area contributed by atoms with E-state index in [2.05, 4.69) is 26.1 Å². The number of rotatable bonds is 2. The number of hydrogen-bond acceptors (Lipinski definition) is 4. The number of aromatic nitrogens is 4. The average Bonchev–Trinajstić information content (AvgIpc) is 3.16. The van der Waals surface area contributed by atoms with E-state index in [1.54, 1.807) is 11.6 Å². The molecule has 7 heteroatoms. The fourth-order valence-electron chi connectivity index (χ4n) is 3.69. The summed E-state index contributed by atoms with van der Waals surface area (Å²) in [6, 6.07) is 4.12. The van der Waals surface area contributed by atoms with Gasteiger partial charge in [0.05, 0.1) is 22.4 Å². The van der Waals surface area contributed by atoms with Gasteiger partial charge in [-0.2, -0.15) is 5.10 Å². The minimum absolute atomic E-state index is 0.131. The molecule has 0 aliphatic carbocycles. The normalized spacial score (nSPS) is 14.7. The number of nitrogens with zero attached hydrogens (tertiary/aromatic N) is 3. The first-order valence-corrected chi connectivity index (χ1v) is 8.18. The van der Waals surface area contributed by atoms with Gasteiger partial charge in [-0.15, -0.1) is 0 Å². The molecule has 130 valence electrons. The van der Waals surface area contributed by atoms with E-state index in [9.17, 15) is 4.79 Å². The summed E-state index contributed by atoms with van der Waals surface area (Å²) in [6.07, 6.45) is 0. The molecule has 0 fully saturated rings. The minimum atomic E-state index is -0.131. The molecule has 0 atom stereocenters. The van der Waals surface area contributed by atoms with Crippen molar-refractivity contribution in [3.05, 3.63) is 45.3 Å². The molecule has 1 aliphatic rings. The van der Waals surface area contributed by atoms with Gasteiger partial charge in [0.2, 0.25) is 0 Å². The van der Waals surface area contributed by atoms with Gasteiger partial charge in [0.25, 0.3) is 0 Å². The van der Waals surface area contributed by atoms with Crippen LogP contribution in [-0.4, -0.2) is 38.4 Å². The van der Waals surface area contributed by atoms with Gasteiger partial charge >= 0.3 is 5.69 Å². The zero-order chi connectivity index (χ0) is 17.9. The third kappa shape index (κ3) is 2.19. The van der Waals surface area contributed by atoms with Crippen LogP contribution in [0.2, 0.25) is 0 Å². The third-order valence-electron chi connectivity index (χ3n) is 4.85. The standard InChI is InChI=1S/C18H21N5O2/c1-9-15(10(2)21-20-9)13-6-12(16-11(3)25-8-22(16)4)7-14-17(13)23(5)18(24)19-14/h6-7H,8H2,1-5H3,(H,19,24)(H,20,21). The van der Waals surface area contributed by atoms with Gasteiger partial charge in [-0.05, 0) is 32.9 Å². The molecule has 2 N–H and O–H groups in total. The topological polar surface area (TPSA) is 78.9 Å². The minimum Gasteiger partial charge on any atom is -0.476 e. The number of aromatic amines is 2. The lowest BCUT2D eigenvalue weighted by Gasteiger charge is -2.16. The molecule has 0 saturated carbocycles. The summed E-state index contributed by atoms with van der Waals surface area (Å²) in [5, 5.41) is 7.36. The molecule has 1 aliphatic heterocycles. The first-order valence-electron chi connectivity index (χ1n) is 8.18. The lowest BCUT2D eigenvalue weighted by Crippen LogP contribution is -2.13. The molecule has 0 bridgehead atoms. The molecule has 3 aromatic rings. The van der Waals surface area contributed by atoms with Crippen molar-refractivity contribution >= 4 is 16.7 Å². The number of imidazole rings is 1. The second kappa shape index (κ2) is 5.27. The Morgan fingerprint density at radius 3 is 2.56 bits per heavy atom. The van der Waals surface area contributed by atoms with Crippen LogP contribution in [0.3, 0.4) is 0 Å². The van der Waals surface area contributed by atoms with Crippen molar-refractivity contribution in [3.8, 4) is 11.1 Å². The molecular weight excluding hydrogens is 318 g/mol. The fraction of sp³-hybridized carbons (Fsp3) is 0.333. The quantitative estimate of drug-likeness (QED) is 0.752. The zero-order valence-corrected chi connectivity index (χ0v) is 15.0. The van der Waals surface area contributed by atoms with Gasteiger partial charge in [0.1, 0.15) is 5.76 Å². The second-order valence-corrected chi connectivity index (χ2v) is 6.59. The summed E-state index contributed by atoms with van der Waals surface area (Å²) in [6.45, 7) is 6.46. The number of fused-ring (bicyclic) bond motifs is 1. The Morgan fingerprint density at radius 1 is 1.20 bits per heavy atom. The van der Waals surface area contributed by atoms with E-state index in [-0.39, 0.29) is 5.69 Å². The van der Waals surface area contributed by atoms with Crippen LogP contribution in [0.15, 0.2) is 22.7 Å². The number of H-pyrrole nitrogens is 2. The summed E-state index contributed by atoms with van der Waals surface area (Å²) in [7, 11) is 3.78. The maximum Gasteiger partial charge on any atom is 0.326 e. The van der Waals surface area contributed by atoms with Crippen LogP contribution in [0.4, 0.5) is 0 Å². The van der Waals surface area contributed by atoms with Crippen molar-refractivity contribution < 1.29 is 4.74 Å². The number of allylic oxidation sites excluding steroid dienone is 1. The third-order valence-corrected chi connectivity index (χ3v) is 4.85. The van der Waals surface area contributed by atoms with Gasteiger partial charge in [-0.25, -0.2) is 4.79 Å². The predicted octanol–water partition coefficient (Wildman–Crippen LogP) is 2.48. The van der Waals surface area contributed by atoms with Crippen LogP contribution < -0.4 is 5.69 Å². The molecule has 3 heterocycles. The second-order valence-electron chi connectivity index (χ2n) is 6.59. The van der Waals surface area contributed by atoms with Crippen LogP contribution in [0, 0.1) is 13.8 Å². The van der Waals surface area contributed by atoms with Crippen LogP contribution in [0.1, 0.15) is 23.9 Å². The first-order chi connectivity index (χ1) is 11.9. The summed E-state index contributed by atoms with van der Waals surface area (Å²) in [4.78, 5) is 17.3. The largest absolute Gasteiger partial charge is 0.476 e. The monoisotopic (exact) mass is 339 g/mol. The van der Waals surface area contributed by atoms with E-state index < -0.39 is 0 Å². The molecule has 0 saturated heterocycles. The summed E-state index contributed by atoms with van der Waals surface area (Å²) < 4.78 is 7.31. The molecule has 7 nitrogen and oxygen atoms in total. The van der Waals surface area contributed by atoms with E-state index >= 15 is 0 Å². The van der Waals surface area contributed by atoms with E-state index in [1.807, 2.05) is 33.9 Å². The summed E-state index contributed by atoms with van der Waals surface area (Å²) in [5.74, 6) is 0.881. The van der Waals surface area contributed by atoms with Gasteiger partial charge in [-0.3, -0.25) is 9.67 Å². The van der Waals surface area contributed by atoms with Crippen LogP contribution in [0.5, 0.6) is 0 Å². The summed E-state index contributed by atoms with van der Waals surface area (Å²) >= 11 is 0. The molecule has 0 amide bonds. The highest BCUT2D eigenvalue weighted by atomic mass is 16.5.